The van der Waals surface area contributed by atoms with Crippen molar-refractivity contribution in [2.45, 2.75) is 52.7 Å². The number of nitrogens with zero attached hydrogens (tertiary/aromatic N) is 3. The smallest absolute Gasteiger partial charge is 0.424 e. The molecule has 3 amide bonds. The topological polar surface area (TPSA) is 119 Å². The van der Waals surface area contributed by atoms with Crippen molar-refractivity contribution in [2.24, 2.45) is 0 Å². The van der Waals surface area contributed by atoms with Gasteiger partial charge in [0.25, 0.3) is 11.6 Å². The van der Waals surface area contributed by atoms with Gasteiger partial charge in [-0.3, -0.25) is 19.8 Å². The first-order chi connectivity index (χ1) is 17.9. The van der Waals surface area contributed by atoms with Gasteiger partial charge in [0, 0.05) is 12.1 Å². The van der Waals surface area contributed by atoms with Crippen LogP contribution in [-0.4, -0.2) is 40.8 Å². The number of ether oxygens (including phenoxy) is 2. The monoisotopic (exact) mass is 565 g/mol. The predicted octanol–water partition coefficient (Wildman–Crippen LogP) is 6.48. The van der Waals surface area contributed by atoms with Crippen LogP contribution < -0.4 is 9.80 Å². The highest BCUT2D eigenvalue weighted by molar-refractivity contribution is 6.34. The molecule has 2 aromatic carbocycles. The van der Waals surface area contributed by atoms with E-state index in [1.54, 1.807) is 0 Å². The number of nitro groups is 1. The fraction of sp³-hybridized carbons (Fsp3) is 0.346. The second kappa shape index (κ2) is 11.7. The minimum Gasteiger partial charge on any atom is -0.443 e. The summed E-state index contributed by atoms with van der Waals surface area (Å²) < 4.78 is 41.5. The third-order valence-electron chi connectivity index (χ3n) is 4.60. The molecular weight excluding hydrogens is 540 g/mol. The van der Waals surface area contributed by atoms with Crippen LogP contribution in [0.3, 0.4) is 0 Å². The first kappa shape index (κ1) is 31.0. The molecule has 0 saturated heterocycles. The minimum atomic E-state index is -1.54. The van der Waals surface area contributed by atoms with Gasteiger partial charge < -0.3 is 9.47 Å². The van der Waals surface area contributed by atoms with E-state index in [0.29, 0.717) is 11.0 Å². The highest BCUT2D eigenvalue weighted by Gasteiger charge is 2.38. The standard InChI is InChI=1S/C26H26ClF2N3O7/c1-8-13-30(22(33)16-14-15(32(36)37)9-10-17(16)27)19-12-11-18(28)21(20(19)29)31(23(34)38-25(2,3)4)24(35)39-26(5,6)7/h1,9-12,14H,13H2,2-7H3. The molecule has 2 aromatic rings. The first-order valence-corrected chi connectivity index (χ1v) is 11.7. The molecule has 13 heteroatoms. The molecule has 0 fully saturated rings. The fourth-order valence-electron chi connectivity index (χ4n) is 3.11. The average molecular weight is 566 g/mol. The van der Waals surface area contributed by atoms with Crippen LogP contribution in [0.4, 0.5) is 35.4 Å². The summed E-state index contributed by atoms with van der Waals surface area (Å²) in [5, 5.41) is 11.0. The maximum Gasteiger partial charge on any atom is 0.424 e. The van der Waals surface area contributed by atoms with Crippen molar-refractivity contribution in [1.82, 2.24) is 0 Å². The maximum atomic E-state index is 16.0. The van der Waals surface area contributed by atoms with Gasteiger partial charge in [-0.1, -0.05) is 17.5 Å². The number of imide groups is 1. The Hall–Kier alpha value is -4.24. The van der Waals surface area contributed by atoms with Crippen LogP contribution in [0.2, 0.25) is 5.02 Å². The molecule has 0 saturated carbocycles. The number of halogens is 3. The summed E-state index contributed by atoms with van der Waals surface area (Å²) in [7, 11) is 0. The molecule has 10 nitrogen and oxygen atoms in total. The zero-order valence-electron chi connectivity index (χ0n) is 22.0. The number of amides is 3. The van der Waals surface area contributed by atoms with Gasteiger partial charge in [0.2, 0.25) is 0 Å². The van der Waals surface area contributed by atoms with E-state index in [4.69, 9.17) is 27.5 Å². The number of non-ortho nitro benzene ring substituents is 1. The summed E-state index contributed by atoms with van der Waals surface area (Å²) in [4.78, 5) is 50.4. The molecule has 0 heterocycles. The highest BCUT2D eigenvalue weighted by Crippen LogP contribution is 2.35. The van der Waals surface area contributed by atoms with Gasteiger partial charge in [0.05, 0.1) is 27.7 Å². The van der Waals surface area contributed by atoms with Crippen molar-refractivity contribution >= 4 is 46.8 Å². The summed E-state index contributed by atoms with van der Waals surface area (Å²) >= 11 is 6.07. The number of benzene rings is 2. The predicted molar refractivity (Wildman–Crippen MR) is 140 cm³/mol. The van der Waals surface area contributed by atoms with Crippen LogP contribution in [0, 0.1) is 34.1 Å². The summed E-state index contributed by atoms with van der Waals surface area (Å²) in [6.45, 7) is 8.22. The van der Waals surface area contributed by atoms with Crippen LogP contribution in [0.25, 0.3) is 0 Å². The Morgan fingerprint density at radius 2 is 1.56 bits per heavy atom. The number of terminal acetylenes is 1. The number of hydrogen-bond acceptors (Lipinski definition) is 7. The summed E-state index contributed by atoms with van der Waals surface area (Å²) in [5.41, 5.74) is -5.09. The molecule has 0 aliphatic rings. The lowest BCUT2D eigenvalue weighted by atomic mass is 10.1. The van der Waals surface area contributed by atoms with E-state index in [1.807, 2.05) is 0 Å². The molecule has 0 bridgehead atoms. The molecule has 0 unspecified atom stereocenters. The average Bonchev–Trinajstić information content (AvgIpc) is 2.77. The Balaban J connectivity index is 2.76. The van der Waals surface area contributed by atoms with Gasteiger partial charge in [-0.05, 0) is 59.7 Å². The number of rotatable bonds is 5. The zero-order chi connectivity index (χ0) is 29.9. The van der Waals surface area contributed by atoms with Crippen LogP contribution >= 0.6 is 11.6 Å². The normalized spacial score (nSPS) is 11.3. The Kier molecular flexibility index (Phi) is 9.26. The highest BCUT2D eigenvalue weighted by atomic mass is 35.5. The van der Waals surface area contributed by atoms with Gasteiger partial charge in [0.15, 0.2) is 11.6 Å². The lowest BCUT2D eigenvalue weighted by Crippen LogP contribution is -2.45. The number of anilines is 2. The van der Waals surface area contributed by atoms with E-state index in [2.05, 4.69) is 5.92 Å². The Labute approximate surface area is 228 Å². The summed E-state index contributed by atoms with van der Waals surface area (Å²) in [5.74, 6) is -1.84. The van der Waals surface area contributed by atoms with Gasteiger partial charge in [-0.15, -0.1) is 6.42 Å². The lowest BCUT2D eigenvalue weighted by Gasteiger charge is -2.30. The molecule has 0 aliphatic carbocycles. The van der Waals surface area contributed by atoms with Crippen LogP contribution in [0.1, 0.15) is 51.9 Å². The molecule has 208 valence electrons. The van der Waals surface area contributed by atoms with E-state index in [9.17, 15) is 24.5 Å². The summed E-state index contributed by atoms with van der Waals surface area (Å²) in [6, 6.07) is 4.56. The van der Waals surface area contributed by atoms with E-state index >= 15 is 8.78 Å². The SMILES string of the molecule is C#CCN(C(=O)c1cc([N+](=O)[O-])ccc1Cl)c1ccc(F)c(N(C(=O)OC(C)(C)C)C(=O)OC(C)(C)C)c1F. The Bertz CT molecular complexity index is 1330. The second-order valence-corrected chi connectivity index (χ2v) is 10.4. The summed E-state index contributed by atoms with van der Waals surface area (Å²) in [6.07, 6.45) is 2.46. The van der Waals surface area contributed by atoms with Crippen molar-refractivity contribution < 1.29 is 37.6 Å². The maximum absolute atomic E-state index is 16.0. The number of carbonyl (C=O) groups is 3. The van der Waals surface area contributed by atoms with Crippen molar-refractivity contribution in [3.05, 3.63) is 62.7 Å². The van der Waals surface area contributed by atoms with Crippen LogP contribution in [0.5, 0.6) is 0 Å². The largest absolute Gasteiger partial charge is 0.443 e. The van der Waals surface area contributed by atoms with Gasteiger partial charge >= 0.3 is 12.2 Å². The second-order valence-electron chi connectivity index (χ2n) is 10.0. The van der Waals surface area contributed by atoms with Crippen molar-refractivity contribution in [3.8, 4) is 12.3 Å². The molecule has 2 rings (SSSR count). The molecule has 0 atom stereocenters. The third-order valence-corrected chi connectivity index (χ3v) is 4.93. The number of hydrogen-bond donors (Lipinski definition) is 0. The zero-order valence-corrected chi connectivity index (χ0v) is 22.8. The molecular formula is C26H26ClF2N3O7. The van der Waals surface area contributed by atoms with Crippen LogP contribution in [-0.2, 0) is 9.47 Å². The van der Waals surface area contributed by atoms with Crippen LogP contribution in [0.15, 0.2) is 30.3 Å². The Morgan fingerprint density at radius 1 is 1.03 bits per heavy atom. The number of carbonyl (C=O) groups excluding carboxylic acids is 3. The lowest BCUT2D eigenvalue weighted by molar-refractivity contribution is -0.384. The quantitative estimate of drug-likeness (QED) is 0.231. The third kappa shape index (κ3) is 7.64. The molecule has 0 radical (unpaired) electrons. The van der Waals surface area contributed by atoms with Gasteiger partial charge in [0.1, 0.15) is 16.9 Å². The number of nitro benzene ring substituents is 1. The van der Waals surface area contributed by atoms with E-state index in [-0.39, 0.29) is 9.92 Å². The molecule has 0 aliphatic heterocycles. The molecule has 0 aromatic heterocycles. The minimum absolute atomic E-state index is 0.0313. The Morgan fingerprint density at radius 3 is 2.03 bits per heavy atom. The van der Waals surface area contributed by atoms with Crippen molar-refractivity contribution in [2.75, 3.05) is 16.3 Å². The van der Waals surface area contributed by atoms with Crippen molar-refractivity contribution in [1.29, 1.82) is 0 Å². The van der Waals surface area contributed by atoms with E-state index in [1.165, 1.54) is 41.5 Å². The van der Waals surface area contributed by atoms with Crippen molar-refractivity contribution in [3.63, 3.8) is 0 Å². The fourth-order valence-corrected chi connectivity index (χ4v) is 3.31. The molecule has 39 heavy (non-hydrogen) atoms. The van der Waals surface area contributed by atoms with Gasteiger partial charge in [-0.25, -0.2) is 18.4 Å². The molecule has 0 spiro atoms. The van der Waals surface area contributed by atoms with Gasteiger partial charge in [-0.2, -0.15) is 4.90 Å². The van der Waals surface area contributed by atoms with E-state index < -0.39 is 75.0 Å². The molecule has 0 N–H and O–H groups in total. The first-order valence-electron chi connectivity index (χ1n) is 11.3. The van der Waals surface area contributed by atoms with E-state index in [0.717, 1.165) is 24.3 Å².